The molecule has 21 heavy (non-hydrogen) atoms. The van der Waals surface area contributed by atoms with Gasteiger partial charge in [-0.3, -0.25) is 0 Å². The molecule has 2 radical (unpaired) electrons. The van der Waals surface area contributed by atoms with Crippen LogP contribution in [0.5, 0.6) is 0 Å². The Bertz CT molecular complexity index is 410. The van der Waals surface area contributed by atoms with E-state index in [1.807, 2.05) is 0 Å². The minimum Gasteiger partial charge on any atom is -0.444 e. The summed E-state index contributed by atoms with van der Waals surface area (Å²) in [5.41, 5.74) is -0.719. The zero-order chi connectivity index (χ0) is 16.4. The van der Waals surface area contributed by atoms with E-state index in [9.17, 15) is 22.8 Å². The first kappa shape index (κ1) is 18.1. The highest BCUT2D eigenvalue weighted by atomic mass is 27.0. The number of amides is 2. The monoisotopic (exact) mass is 322 g/mol. The molecule has 1 rings (SSSR count). The minimum absolute atomic E-state index is 0.0155. The van der Waals surface area contributed by atoms with Crippen LogP contribution in [0.15, 0.2) is 0 Å². The van der Waals surface area contributed by atoms with Crippen LogP contribution in [0.3, 0.4) is 0 Å². The third-order valence-electron chi connectivity index (χ3n) is 2.97. The van der Waals surface area contributed by atoms with Crippen LogP contribution in [0, 0.1) is 0 Å². The normalized spacial score (nSPS) is 21.0. The summed E-state index contributed by atoms with van der Waals surface area (Å²) < 4.78 is 43.4. The molecular formula is C12H18AlF3N2O3. The van der Waals surface area contributed by atoms with Crippen LogP contribution in [-0.4, -0.2) is 74.4 Å². The highest BCUT2D eigenvalue weighted by Crippen LogP contribution is 2.29. The van der Waals surface area contributed by atoms with Crippen molar-refractivity contribution in [3.8, 4) is 0 Å². The van der Waals surface area contributed by atoms with E-state index in [-0.39, 0.29) is 26.1 Å². The van der Waals surface area contributed by atoms with Crippen molar-refractivity contribution in [3.05, 3.63) is 0 Å². The predicted octanol–water partition coefficient (Wildman–Crippen LogP) is 2.15. The molecule has 1 saturated heterocycles. The molecule has 1 fully saturated rings. The summed E-state index contributed by atoms with van der Waals surface area (Å²) in [6, 6.07) is -1.88. The molecule has 2 amide bonds. The fourth-order valence-corrected chi connectivity index (χ4v) is 2.35. The summed E-state index contributed by atoms with van der Waals surface area (Å²) in [7, 11) is 0. The Hall–Kier alpha value is -0.938. The molecule has 0 saturated carbocycles. The van der Waals surface area contributed by atoms with Crippen molar-refractivity contribution >= 4 is 27.2 Å². The molecule has 1 aliphatic heterocycles. The van der Waals surface area contributed by atoms with Crippen molar-refractivity contribution in [2.75, 3.05) is 19.6 Å². The Morgan fingerprint density at radius 3 is 2.14 bits per heavy atom. The fraction of sp³-hybridized carbons (Fsp3) is 0.833. The Balaban J connectivity index is 2.82. The maximum Gasteiger partial charge on any atom is 0.410 e. The summed E-state index contributed by atoms with van der Waals surface area (Å²) in [4.78, 5) is 25.2. The SMILES string of the molecule is CC(C)(C)OC(=O)N1CCC(C(F)(F)F)N([C](=O)[Al])CC1. The molecule has 9 heteroatoms. The Labute approximate surface area is 129 Å². The van der Waals surface area contributed by atoms with Gasteiger partial charge in [-0.25, -0.2) is 4.79 Å². The highest BCUT2D eigenvalue weighted by Gasteiger charge is 2.45. The van der Waals surface area contributed by atoms with E-state index >= 15 is 0 Å². The number of alkyl halides is 3. The first-order valence-corrected chi connectivity index (χ1v) is 7.10. The molecule has 0 N–H and O–H groups in total. The second-order valence-electron chi connectivity index (χ2n) is 5.85. The van der Waals surface area contributed by atoms with Crippen molar-refractivity contribution in [2.24, 2.45) is 0 Å². The van der Waals surface area contributed by atoms with Gasteiger partial charge in [-0.05, 0) is 27.2 Å². The topological polar surface area (TPSA) is 49.9 Å². The summed E-state index contributed by atoms with van der Waals surface area (Å²) in [6.45, 7) is 4.78. The first-order valence-electron chi connectivity index (χ1n) is 6.52. The van der Waals surface area contributed by atoms with Crippen molar-refractivity contribution in [3.63, 3.8) is 0 Å². The van der Waals surface area contributed by atoms with Gasteiger partial charge < -0.3 is 19.3 Å². The van der Waals surface area contributed by atoms with Gasteiger partial charge in [0.05, 0.1) is 4.77 Å². The number of halogens is 3. The van der Waals surface area contributed by atoms with Gasteiger partial charge in [-0.1, -0.05) is 0 Å². The molecule has 1 aliphatic rings. The summed E-state index contributed by atoms with van der Waals surface area (Å²) >= 11 is 1.75. The van der Waals surface area contributed by atoms with E-state index in [1.54, 1.807) is 37.1 Å². The average Bonchev–Trinajstić information content (AvgIpc) is 2.47. The van der Waals surface area contributed by atoms with Crippen molar-refractivity contribution in [2.45, 2.75) is 45.0 Å². The lowest BCUT2D eigenvalue weighted by Gasteiger charge is -2.31. The lowest BCUT2D eigenvalue weighted by atomic mass is 10.2. The molecule has 118 valence electrons. The van der Waals surface area contributed by atoms with Crippen molar-refractivity contribution in [1.29, 1.82) is 0 Å². The minimum atomic E-state index is -4.52. The number of hydrogen-bond donors (Lipinski definition) is 0. The molecule has 1 heterocycles. The number of rotatable bonds is 0. The zero-order valence-electron chi connectivity index (χ0n) is 12.2. The summed E-state index contributed by atoms with van der Waals surface area (Å²) in [5.74, 6) is 0. The van der Waals surface area contributed by atoms with Crippen molar-refractivity contribution < 1.29 is 27.5 Å². The standard InChI is InChI=1S/C12H18F3N2O3.Al/c1-11(2,3)20-10(19)16-5-4-9(12(13,14)15)17(8-18)7-6-16;/h9H,4-7H2,1-3H3;. The lowest BCUT2D eigenvalue weighted by Crippen LogP contribution is -2.48. The van der Waals surface area contributed by atoms with Crippen LogP contribution in [0.1, 0.15) is 27.2 Å². The molecule has 1 unspecified atom stereocenters. The van der Waals surface area contributed by atoms with Crippen LogP contribution < -0.4 is 0 Å². The second kappa shape index (κ2) is 6.45. The maximum atomic E-state index is 13.0. The number of carbonyl (C=O) groups excluding carboxylic acids is 2. The number of hydrogen-bond acceptors (Lipinski definition) is 3. The predicted molar refractivity (Wildman–Crippen MR) is 70.1 cm³/mol. The molecule has 0 aromatic rings. The molecule has 0 aliphatic carbocycles. The summed E-state index contributed by atoms with van der Waals surface area (Å²) in [5, 5.41) is 0. The Morgan fingerprint density at radius 1 is 1.14 bits per heavy atom. The molecular weight excluding hydrogens is 304 g/mol. The zero-order valence-corrected chi connectivity index (χ0v) is 13.4. The van der Waals surface area contributed by atoms with Gasteiger partial charge in [0.2, 0.25) is 0 Å². The molecule has 0 aromatic carbocycles. The Kier molecular flexibility index (Phi) is 5.56. The van der Waals surface area contributed by atoms with Crippen LogP contribution in [0.2, 0.25) is 0 Å². The smallest absolute Gasteiger partial charge is 0.410 e. The van der Waals surface area contributed by atoms with E-state index in [0.29, 0.717) is 0 Å². The van der Waals surface area contributed by atoms with Gasteiger partial charge in [0.15, 0.2) is 0 Å². The molecule has 1 atom stereocenters. The third-order valence-corrected chi connectivity index (χ3v) is 3.30. The van der Waals surface area contributed by atoms with E-state index in [0.717, 1.165) is 4.90 Å². The maximum absolute atomic E-state index is 13.0. The largest absolute Gasteiger partial charge is 0.444 e. The quantitative estimate of drug-likeness (QED) is 0.642. The van der Waals surface area contributed by atoms with Gasteiger partial charge in [0, 0.05) is 19.6 Å². The molecule has 5 nitrogen and oxygen atoms in total. The van der Waals surface area contributed by atoms with Gasteiger partial charge in [-0.2, -0.15) is 13.2 Å². The number of ether oxygens (including phenoxy) is 1. The average molecular weight is 322 g/mol. The van der Waals surface area contributed by atoms with Gasteiger partial charge >= 0.3 is 12.3 Å². The van der Waals surface area contributed by atoms with Gasteiger partial charge in [0.1, 0.15) is 11.6 Å². The van der Waals surface area contributed by atoms with Crippen molar-refractivity contribution in [1.82, 2.24) is 9.80 Å². The second-order valence-corrected chi connectivity index (χ2v) is 6.34. The molecule has 0 aromatic heterocycles. The molecule has 0 bridgehead atoms. The van der Waals surface area contributed by atoms with Crippen LogP contribution >= 0.6 is 0 Å². The van der Waals surface area contributed by atoms with Crippen LogP contribution in [0.25, 0.3) is 0 Å². The van der Waals surface area contributed by atoms with E-state index in [4.69, 9.17) is 4.74 Å². The van der Waals surface area contributed by atoms with Crippen LogP contribution in [-0.2, 0) is 4.74 Å². The summed E-state index contributed by atoms with van der Waals surface area (Å²) in [6.07, 6.45) is -5.54. The van der Waals surface area contributed by atoms with Gasteiger partial charge in [0.25, 0.3) is 16.3 Å². The van der Waals surface area contributed by atoms with Gasteiger partial charge in [-0.15, -0.1) is 0 Å². The first-order chi connectivity index (χ1) is 9.42. The highest BCUT2D eigenvalue weighted by molar-refractivity contribution is 6.57. The van der Waals surface area contributed by atoms with Crippen LogP contribution in [0.4, 0.5) is 22.8 Å². The van der Waals surface area contributed by atoms with E-state index in [2.05, 4.69) is 0 Å². The number of nitrogens with zero attached hydrogens (tertiary/aromatic N) is 2. The van der Waals surface area contributed by atoms with E-state index in [1.165, 1.54) is 4.90 Å². The lowest BCUT2D eigenvalue weighted by molar-refractivity contribution is -0.174. The Morgan fingerprint density at radius 2 is 1.71 bits per heavy atom. The fourth-order valence-electron chi connectivity index (χ4n) is 2.04. The number of carbonyl (C=O) groups is 2. The van der Waals surface area contributed by atoms with E-state index < -0.39 is 28.7 Å². The third kappa shape index (κ3) is 5.40. The molecule has 0 spiro atoms.